The Kier molecular flexibility index (Phi) is 22.5. The summed E-state index contributed by atoms with van der Waals surface area (Å²) >= 11 is 4.47. The normalized spacial score (nSPS) is 16.5. The lowest BCUT2D eigenvalue weighted by Crippen LogP contribution is -2.37. The summed E-state index contributed by atoms with van der Waals surface area (Å²) in [6.07, 6.45) is 17.9. The summed E-state index contributed by atoms with van der Waals surface area (Å²) in [4.78, 5) is 2.42. The van der Waals surface area contributed by atoms with E-state index in [0.29, 0.717) is 10.7 Å². The smallest absolute Gasteiger partial charge is 0.0384 e. The average molecular weight is 489 g/mol. The van der Waals surface area contributed by atoms with Crippen LogP contribution in [0.25, 0.3) is 0 Å². The van der Waals surface area contributed by atoms with Crippen molar-refractivity contribution >= 4 is 18.3 Å². The van der Waals surface area contributed by atoms with Crippen LogP contribution in [0.1, 0.15) is 91.2 Å². The number of nitrogens with one attached hydrogen (secondary N) is 1. The summed E-state index contributed by atoms with van der Waals surface area (Å²) in [5.74, 6) is 0. The van der Waals surface area contributed by atoms with Gasteiger partial charge in [-0.2, -0.15) is 12.6 Å². The Morgan fingerprint density at radius 3 is 1.79 bits per heavy atom. The highest BCUT2D eigenvalue weighted by Gasteiger charge is 2.29. The number of nitrogens with zero attached hydrogens (tertiary/aromatic N) is 1. The fourth-order valence-corrected chi connectivity index (χ4v) is 4.23. The molecule has 1 unspecified atom stereocenters. The molecule has 1 atom stereocenters. The van der Waals surface area contributed by atoms with Crippen LogP contribution in [0.4, 0.5) is 5.69 Å². The molecule has 1 N–H and O–H groups in total. The zero-order valence-electron chi connectivity index (χ0n) is 24.0. The zero-order valence-corrected chi connectivity index (χ0v) is 24.8. The van der Waals surface area contributed by atoms with Crippen LogP contribution in [0.15, 0.2) is 55.3 Å². The first kappa shape index (κ1) is 34.7. The van der Waals surface area contributed by atoms with Crippen molar-refractivity contribution in [1.82, 2.24) is 4.90 Å². The van der Waals surface area contributed by atoms with Crippen molar-refractivity contribution in [1.29, 1.82) is 0 Å². The lowest BCUT2D eigenvalue weighted by Gasteiger charge is -2.38. The number of benzene rings is 1. The molecule has 1 aromatic carbocycles. The first-order valence-corrected chi connectivity index (χ1v) is 13.8. The molecule has 196 valence electrons. The molecule has 3 rings (SSSR count). The van der Waals surface area contributed by atoms with Gasteiger partial charge in [0.05, 0.1) is 0 Å². The maximum atomic E-state index is 4.47. The van der Waals surface area contributed by atoms with E-state index >= 15 is 0 Å². The van der Waals surface area contributed by atoms with Crippen LogP contribution in [-0.2, 0) is 0 Å². The number of anilines is 1. The number of hydrogen-bond acceptors (Lipinski definition) is 3. The number of thiol groups is 1. The quantitative estimate of drug-likeness (QED) is 0.410. The third-order valence-corrected chi connectivity index (χ3v) is 5.54. The molecular formula is C31H56N2S. The van der Waals surface area contributed by atoms with Crippen LogP contribution < -0.4 is 5.32 Å². The zero-order chi connectivity index (χ0) is 26.4. The largest absolute Gasteiger partial charge is 0.362 e. The molecule has 0 saturated carbocycles. The molecule has 0 aromatic heterocycles. The minimum atomic E-state index is 0.554. The summed E-state index contributed by atoms with van der Waals surface area (Å²) in [5, 5.41) is 3.61. The standard InChI is InChI=1S/C10H21NS.C10H13N.C6H8.C3H8.C2H6/c1-9(12)8-10(2)4-6-11(3)7-5-10;1-4-11-10-6-8(2)5-9(3)7-10;1-2-4-6-5-3-1;1-3-2;1-2/h9,12H,4-8H2,1-3H3;4-7,11H,1H2,2-3H3;1-4H,5-6H2;3H2,1-2H3;1-2H3. The fourth-order valence-electron chi connectivity index (χ4n) is 3.79. The van der Waals surface area contributed by atoms with Gasteiger partial charge in [-0.25, -0.2) is 0 Å². The molecule has 1 fully saturated rings. The van der Waals surface area contributed by atoms with E-state index in [0.717, 1.165) is 5.69 Å². The van der Waals surface area contributed by atoms with Gasteiger partial charge in [0, 0.05) is 5.69 Å². The van der Waals surface area contributed by atoms with Gasteiger partial charge in [-0.05, 0) is 106 Å². The van der Waals surface area contributed by atoms with Crippen molar-refractivity contribution in [3.8, 4) is 0 Å². The van der Waals surface area contributed by atoms with Crippen molar-refractivity contribution in [3.63, 3.8) is 0 Å². The lowest BCUT2D eigenvalue weighted by atomic mass is 9.77. The molecule has 3 heteroatoms. The van der Waals surface area contributed by atoms with Crippen molar-refractivity contribution in [2.24, 2.45) is 5.41 Å². The molecule has 1 aliphatic heterocycles. The summed E-state index contributed by atoms with van der Waals surface area (Å²) in [6, 6.07) is 6.33. The number of rotatable bonds is 4. The van der Waals surface area contributed by atoms with Gasteiger partial charge in [-0.3, -0.25) is 0 Å². The van der Waals surface area contributed by atoms with Gasteiger partial charge in [0.2, 0.25) is 0 Å². The second-order valence-corrected chi connectivity index (χ2v) is 10.4. The van der Waals surface area contributed by atoms with E-state index in [4.69, 9.17) is 0 Å². The van der Waals surface area contributed by atoms with Gasteiger partial charge in [-0.15, -0.1) is 0 Å². The van der Waals surface area contributed by atoms with Gasteiger partial charge >= 0.3 is 0 Å². The minimum Gasteiger partial charge on any atom is -0.362 e. The van der Waals surface area contributed by atoms with E-state index in [-0.39, 0.29) is 0 Å². The van der Waals surface area contributed by atoms with Gasteiger partial charge < -0.3 is 10.2 Å². The van der Waals surface area contributed by atoms with E-state index < -0.39 is 0 Å². The van der Waals surface area contributed by atoms with Gasteiger partial charge in [0.25, 0.3) is 0 Å². The summed E-state index contributed by atoms with van der Waals surface area (Å²) in [6.45, 7) is 23.2. The number of likely N-dealkylation sites (tertiary alicyclic amines) is 1. The third kappa shape index (κ3) is 20.0. The molecule has 1 saturated heterocycles. The Morgan fingerprint density at radius 2 is 1.47 bits per heavy atom. The van der Waals surface area contributed by atoms with Crippen molar-refractivity contribution < 1.29 is 0 Å². The summed E-state index contributed by atoms with van der Waals surface area (Å²) < 4.78 is 0. The molecule has 0 spiro atoms. The Labute approximate surface area is 219 Å². The summed E-state index contributed by atoms with van der Waals surface area (Å²) in [7, 11) is 2.21. The maximum Gasteiger partial charge on any atom is 0.0384 e. The van der Waals surface area contributed by atoms with E-state index in [1.165, 1.54) is 62.7 Å². The fraction of sp³-hybridized carbons (Fsp3) is 0.613. The molecule has 0 amide bonds. The SMILES string of the molecule is C1=CCCC=C1.C=CNc1cc(C)cc(C)c1.CC.CC(S)CC1(C)CCN(C)CC1.CCC. The number of aryl methyl sites for hydroxylation is 2. The first-order valence-electron chi connectivity index (χ1n) is 13.3. The molecule has 1 aromatic rings. The highest BCUT2D eigenvalue weighted by molar-refractivity contribution is 7.80. The van der Waals surface area contributed by atoms with Crippen LogP contribution in [0.2, 0.25) is 0 Å². The second-order valence-electron chi connectivity index (χ2n) is 9.53. The molecular weight excluding hydrogens is 432 g/mol. The van der Waals surface area contributed by atoms with E-state index in [9.17, 15) is 0 Å². The Hall–Kier alpha value is -1.45. The van der Waals surface area contributed by atoms with E-state index in [2.05, 4.69) is 121 Å². The van der Waals surface area contributed by atoms with Gasteiger partial charge in [-0.1, -0.05) is 84.9 Å². The molecule has 34 heavy (non-hydrogen) atoms. The number of piperidine rings is 1. The monoisotopic (exact) mass is 488 g/mol. The number of allylic oxidation sites excluding steroid dienone is 4. The van der Waals surface area contributed by atoms with Gasteiger partial charge in [0.15, 0.2) is 0 Å². The lowest BCUT2D eigenvalue weighted by molar-refractivity contribution is 0.131. The molecule has 1 heterocycles. The predicted molar refractivity (Wildman–Crippen MR) is 162 cm³/mol. The third-order valence-electron chi connectivity index (χ3n) is 5.36. The highest BCUT2D eigenvalue weighted by atomic mass is 32.1. The maximum absolute atomic E-state index is 4.47. The second kappa shape index (κ2) is 22.0. The molecule has 0 radical (unpaired) electrons. The molecule has 2 nitrogen and oxygen atoms in total. The topological polar surface area (TPSA) is 15.3 Å². The highest BCUT2D eigenvalue weighted by Crippen LogP contribution is 2.35. The van der Waals surface area contributed by atoms with Gasteiger partial charge in [0.1, 0.15) is 0 Å². The van der Waals surface area contributed by atoms with Crippen LogP contribution >= 0.6 is 12.6 Å². The predicted octanol–water partition coefficient (Wildman–Crippen LogP) is 9.62. The van der Waals surface area contributed by atoms with Crippen molar-refractivity contribution in [2.75, 3.05) is 25.5 Å². The minimum absolute atomic E-state index is 0.554. The molecule has 2 aliphatic rings. The van der Waals surface area contributed by atoms with Crippen molar-refractivity contribution in [3.05, 3.63) is 66.4 Å². The van der Waals surface area contributed by atoms with Crippen LogP contribution in [-0.4, -0.2) is 30.3 Å². The summed E-state index contributed by atoms with van der Waals surface area (Å²) in [5.41, 5.74) is 4.22. The first-order chi connectivity index (χ1) is 16.2. The molecule has 1 aliphatic carbocycles. The Balaban J connectivity index is 0. The Bertz CT molecular complexity index is 636. The molecule has 0 bridgehead atoms. The Morgan fingerprint density at radius 1 is 1.03 bits per heavy atom. The van der Waals surface area contributed by atoms with Crippen LogP contribution in [0.3, 0.4) is 0 Å². The van der Waals surface area contributed by atoms with E-state index in [1.54, 1.807) is 6.20 Å². The van der Waals surface area contributed by atoms with Crippen LogP contribution in [0, 0.1) is 19.3 Å². The van der Waals surface area contributed by atoms with E-state index in [1.807, 2.05) is 13.8 Å². The number of hydrogen-bond donors (Lipinski definition) is 2. The van der Waals surface area contributed by atoms with Crippen LogP contribution in [0.5, 0.6) is 0 Å². The average Bonchev–Trinajstić information content (AvgIpc) is 2.79. The van der Waals surface area contributed by atoms with Crippen molar-refractivity contribution in [2.45, 2.75) is 99.2 Å².